The standard InChI is InChI=1S/C26H32FN5O6/c1-31(18-7-9-19(36-2)10-8-18)12-11-28-26(35)25-24(37-3)22(23(34)21(15-33)38-25)32-14-20(29-30-32)16-5-4-6-17(27)13-16/h4-10,13-14,21-25,33-34H,11-12,15H2,1-3H3,(H,28,35)/t21-,22+,23+,24-,25-/m1/s1. The van der Waals surface area contributed by atoms with Crippen molar-refractivity contribution < 1.29 is 33.6 Å². The quantitative estimate of drug-likeness (QED) is 0.352. The zero-order chi connectivity index (χ0) is 27.2. The fourth-order valence-electron chi connectivity index (χ4n) is 4.49. The molecule has 0 aliphatic carbocycles. The van der Waals surface area contributed by atoms with Gasteiger partial charge >= 0.3 is 0 Å². The molecule has 0 unspecified atom stereocenters. The maximum atomic E-state index is 13.7. The molecule has 204 valence electrons. The Morgan fingerprint density at radius 3 is 2.66 bits per heavy atom. The molecular formula is C26H32FN5O6. The van der Waals surface area contributed by atoms with E-state index in [-0.39, 0.29) is 0 Å². The summed E-state index contributed by atoms with van der Waals surface area (Å²) in [6.07, 6.45) is -2.87. The molecule has 2 aromatic carbocycles. The van der Waals surface area contributed by atoms with Gasteiger partial charge in [0, 0.05) is 38.5 Å². The van der Waals surface area contributed by atoms with Crippen LogP contribution < -0.4 is 15.0 Å². The highest BCUT2D eigenvalue weighted by atomic mass is 19.1. The van der Waals surface area contributed by atoms with Crippen LogP contribution >= 0.6 is 0 Å². The lowest BCUT2D eigenvalue weighted by atomic mass is 9.92. The maximum Gasteiger partial charge on any atom is 0.252 e. The van der Waals surface area contributed by atoms with Crippen LogP contribution in [0.2, 0.25) is 0 Å². The van der Waals surface area contributed by atoms with E-state index in [4.69, 9.17) is 14.2 Å². The molecule has 1 aliphatic heterocycles. The minimum Gasteiger partial charge on any atom is -0.497 e. The van der Waals surface area contributed by atoms with Crippen molar-refractivity contribution in [3.63, 3.8) is 0 Å². The summed E-state index contributed by atoms with van der Waals surface area (Å²) in [5, 5.41) is 31.9. The van der Waals surface area contributed by atoms with Crippen molar-refractivity contribution in [1.82, 2.24) is 20.3 Å². The van der Waals surface area contributed by atoms with E-state index in [1.54, 1.807) is 19.2 Å². The first kappa shape index (κ1) is 27.5. The molecule has 0 spiro atoms. The van der Waals surface area contributed by atoms with E-state index in [1.807, 2.05) is 36.2 Å². The number of rotatable bonds is 10. The molecule has 0 bridgehead atoms. The van der Waals surface area contributed by atoms with Crippen molar-refractivity contribution >= 4 is 11.6 Å². The van der Waals surface area contributed by atoms with E-state index >= 15 is 0 Å². The van der Waals surface area contributed by atoms with Gasteiger partial charge in [-0.3, -0.25) is 4.79 Å². The molecule has 11 nitrogen and oxygen atoms in total. The van der Waals surface area contributed by atoms with Gasteiger partial charge in [0.1, 0.15) is 41.6 Å². The number of anilines is 1. The second-order valence-corrected chi connectivity index (χ2v) is 8.96. The van der Waals surface area contributed by atoms with Crippen LogP contribution in [0.4, 0.5) is 10.1 Å². The van der Waals surface area contributed by atoms with Crippen LogP contribution in [-0.2, 0) is 14.3 Å². The largest absolute Gasteiger partial charge is 0.497 e. The Kier molecular flexibility index (Phi) is 8.89. The minimum absolute atomic E-state index is 0.307. The van der Waals surface area contributed by atoms with Gasteiger partial charge < -0.3 is 34.6 Å². The molecule has 1 fully saturated rings. The number of halogens is 1. The second-order valence-electron chi connectivity index (χ2n) is 8.96. The van der Waals surface area contributed by atoms with Gasteiger partial charge in [-0.25, -0.2) is 9.07 Å². The molecule has 0 radical (unpaired) electrons. The van der Waals surface area contributed by atoms with E-state index in [0.717, 1.165) is 11.4 Å². The van der Waals surface area contributed by atoms with Gasteiger partial charge in [0.25, 0.3) is 5.91 Å². The first-order chi connectivity index (χ1) is 18.4. The molecule has 4 rings (SSSR count). The smallest absolute Gasteiger partial charge is 0.252 e. The van der Waals surface area contributed by atoms with Crippen molar-refractivity contribution in [1.29, 1.82) is 0 Å². The number of aliphatic hydroxyl groups excluding tert-OH is 2. The van der Waals surface area contributed by atoms with Crippen LogP contribution in [0.1, 0.15) is 6.04 Å². The van der Waals surface area contributed by atoms with Gasteiger partial charge in [0.2, 0.25) is 0 Å². The number of hydrogen-bond acceptors (Lipinski definition) is 9. The molecule has 2 heterocycles. The normalized spacial score (nSPS) is 23.2. The lowest BCUT2D eigenvalue weighted by Gasteiger charge is -2.42. The average Bonchev–Trinajstić information content (AvgIpc) is 3.42. The summed E-state index contributed by atoms with van der Waals surface area (Å²) in [5.74, 6) is -0.130. The van der Waals surface area contributed by atoms with Gasteiger partial charge in [-0.05, 0) is 36.4 Å². The van der Waals surface area contributed by atoms with Gasteiger partial charge in [0.05, 0.1) is 19.9 Å². The van der Waals surface area contributed by atoms with Gasteiger partial charge in [-0.15, -0.1) is 5.10 Å². The number of hydrogen-bond donors (Lipinski definition) is 3. The Hall–Kier alpha value is -3.58. The molecule has 1 amide bonds. The van der Waals surface area contributed by atoms with Crippen molar-refractivity contribution in [2.75, 3.05) is 45.9 Å². The fraction of sp³-hybridized carbons (Fsp3) is 0.423. The van der Waals surface area contributed by atoms with E-state index in [0.29, 0.717) is 24.3 Å². The minimum atomic E-state index is -1.25. The Morgan fingerprint density at radius 1 is 1.24 bits per heavy atom. The van der Waals surface area contributed by atoms with Crippen LogP contribution in [0.5, 0.6) is 5.75 Å². The lowest BCUT2D eigenvalue weighted by Crippen LogP contribution is -2.61. The molecule has 0 saturated carbocycles. The van der Waals surface area contributed by atoms with Gasteiger partial charge in [-0.1, -0.05) is 17.3 Å². The average molecular weight is 530 g/mol. The molecule has 1 aliphatic rings. The summed E-state index contributed by atoms with van der Waals surface area (Å²) in [4.78, 5) is 15.2. The summed E-state index contributed by atoms with van der Waals surface area (Å²) >= 11 is 0. The highest BCUT2D eigenvalue weighted by Crippen LogP contribution is 2.33. The highest BCUT2D eigenvalue weighted by Gasteiger charge is 2.49. The van der Waals surface area contributed by atoms with Crippen LogP contribution in [0.25, 0.3) is 11.3 Å². The van der Waals surface area contributed by atoms with Crippen molar-refractivity contribution in [2.45, 2.75) is 30.5 Å². The molecule has 3 N–H and O–H groups in total. The molecule has 1 aromatic heterocycles. The number of aromatic nitrogens is 3. The third-order valence-electron chi connectivity index (χ3n) is 6.59. The lowest BCUT2D eigenvalue weighted by molar-refractivity contribution is -0.212. The van der Waals surface area contributed by atoms with Crippen LogP contribution in [0.3, 0.4) is 0 Å². The zero-order valence-electron chi connectivity index (χ0n) is 21.4. The van der Waals surface area contributed by atoms with Crippen molar-refractivity contribution in [3.05, 3.63) is 60.5 Å². The first-order valence-electron chi connectivity index (χ1n) is 12.1. The Morgan fingerprint density at radius 2 is 2.00 bits per heavy atom. The van der Waals surface area contributed by atoms with E-state index in [9.17, 15) is 19.4 Å². The number of carbonyl (C=O) groups excluding carboxylic acids is 1. The van der Waals surface area contributed by atoms with Crippen LogP contribution in [-0.4, -0.2) is 96.5 Å². The number of amides is 1. The summed E-state index contributed by atoms with van der Waals surface area (Å²) in [7, 11) is 4.90. The van der Waals surface area contributed by atoms with E-state index in [2.05, 4.69) is 15.6 Å². The van der Waals surface area contributed by atoms with E-state index < -0.39 is 48.8 Å². The number of carbonyl (C=O) groups is 1. The molecule has 1 saturated heterocycles. The summed E-state index contributed by atoms with van der Waals surface area (Å²) < 4.78 is 31.6. The molecule has 3 aromatic rings. The summed E-state index contributed by atoms with van der Waals surface area (Å²) in [5.41, 5.74) is 1.83. The summed E-state index contributed by atoms with van der Waals surface area (Å²) in [6.45, 7) is 0.295. The molecule has 5 atom stereocenters. The van der Waals surface area contributed by atoms with Gasteiger partial charge in [-0.2, -0.15) is 0 Å². The SMILES string of the molecule is COc1ccc(N(C)CCNC(=O)[C@@H]2O[C@H](CO)[C@H](O)[C@H](n3cc(-c4cccc(F)c4)nn3)[C@H]2OC)cc1. The third-order valence-corrected chi connectivity index (χ3v) is 6.59. The Labute approximate surface area is 219 Å². The van der Waals surface area contributed by atoms with Crippen LogP contribution in [0, 0.1) is 5.82 Å². The number of methoxy groups -OCH3 is 2. The Bertz CT molecular complexity index is 1210. The van der Waals surface area contributed by atoms with Crippen molar-refractivity contribution in [3.8, 4) is 17.0 Å². The molecule has 38 heavy (non-hydrogen) atoms. The van der Waals surface area contributed by atoms with Crippen LogP contribution in [0.15, 0.2) is 54.7 Å². The Balaban J connectivity index is 1.46. The maximum absolute atomic E-state index is 13.7. The van der Waals surface area contributed by atoms with Crippen molar-refractivity contribution in [2.24, 2.45) is 0 Å². The number of benzene rings is 2. The highest BCUT2D eigenvalue weighted by molar-refractivity contribution is 5.81. The number of likely N-dealkylation sites (N-methyl/N-ethyl adjacent to an activating group) is 1. The first-order valence-corrected chi connectivity index (χ1v) is 12.1. The number of aliphatic hydroxyl groups is 2. The number of nitrogens with one attached hydrogen (secondary N) is 1. The zero-order valence-corrected chi connectivity index (χ0v) is 21.4. The predicted octanol–water partition coefficient (Wildman–Crippen LogP) is 1.02. The number of ether oxygens (including phenoxy) is 3. The molecular weight excluding hydrogens is 497 g/mol. The monoisotopic (exact) mass is 529 g/mol. The summed E-state index contributed by atoms with van der Waals surface area (Å²) in [6, 6.07) is 12.5. The van der Waals surface area contributed by atoms with E-state index in [1.165, 1.54) is 30.1 Å². The van der Waals surface area contributed by atoms with Gasteiger partial charge in [0.15, 0.2) is 6.10 Å². The fourth-order valence-corrected chi connectivity index (χ4v) is 4.49. The predicted molar refractivity (Wildman–Crippen MR) is 136 cm³/mol. The second kappa shape index (κ2) is 12.3. The topological polar surface area (TPSA) is 131 Å². The number of nitrogens with zero attached hydrogens (tertiary/aromatic N) is 4. The third kappa shape index (κ3) is 5.94. The molecule has 12 heteroatoms.